The fourth-order valence-corrected chi connectivity index (χ4v) is 3.72. The molecule has 1 aromatic rings. The van der Waals surface area contributed by atoms with Crippen molar-refractivity contribution in [3.8, 4) is 6.07 Å². The van der Waals surface area contributed by atoms with Gasteiger partial charge in [0.15, 0.2) is 0 Å². The summed E-state index contributed by atoms with van der Waals surface area (Å²) in [4.78, 5) is 9.47. The van der Waals surface area contributed by atoms with Crippen molar-refractivity contribution in [2.75, 3.05) is 49.5 Å². The van der Waals surface area contributed by atoms with Gasteiger partial charge in [0.05, 0.1) is 12.2 Å². The number of aliphatic hydroxyl groups is 1. The van der Waals surface area contributed by atoms with E-state index in [1.165, 1.54) is 6.42 Å². The van der Waals surface area contributed by atoms with Gasteiger partial charge in [-0.05, 0) is 37.8 Å². The molecular formula is C18H27N5O. The highest BCUT2D eigenvalue weighted by molar-refractivity contribution is 5.67. The van der Waals surface area contributed by atoms with Crippen LogP contribution in [0.2, 0.25) is 0 Å². The van der Waals surface area contributed by atoms with Crippen LogP contribution in [0, 0.1) is 11.3 Å². The number of aromatic nitrogens is 1. The second-order valence-corrected chi connectivity index (χ2v) is 6.54. The third-order valence-corrected chi connectivity index (χ3v) is 5.07. The van der Waals surface area contributed by atoms with E-state index in [9.17, 15) is 10.4 Å². The molecule has 0 unspecified atom stereocenters. The second-order valence-electron chi connectivity index (χ2n) is 6.54. The van der Waals surface area contributed by atoms with Crippen LogP contribution in [0.1, 0.15) is 42.9 Å². The molecule has 0 aromatic carbocycles. The van der Waals surface area contributed by atoms with E-state index < -0.39 is 0 Å². The number of piperidine rings is 1. The number of likely N-dealkylation sites (N-methyl/N-ethyl adjacent to an activating group) is 1. The summed E-state index contributed by atoms with van der Waals surface area (Å²) < 4.78 is 0. The molecule has 0 atom stereocenters. The van der Waals surface area contributed by atoms with Crippen molar-refractivity contribution in [1.82, 2.24) is 9.88 Å². The fourth-order valence-electron chi connectivity index (χ4n) is 3.72. The van der Waals surface area contributed by atoms with Crippen LogP contribution in [-0.2, 0) is 13.0 Å². The minimum Gasteiger partial charge on any atom is -0.395 e. The van der Waals surface area contributed by atoms with Crippen molar-refractivity contribution in [1.29, 1.82) is 5.26 Å². The van der Waals surface area contributed by atoms with E-state index in [2.05, 4.69) is 28.1 Å². The van der Waals surface area contributed by atoms with Crippen LogP contribution >= 0.6 is 0 Å². The maximum atomic E-state index is 9.80. The molecule has 0 saturated carbocycles. The van der Waals surface area contributed by atoms with Gasteiger partial charge < -0.3 is 15.3 Å². The Kier molecular flexibility index (Phi) is 5.54. The number of hydrogen-bond acceptors (Lipinski definition) is 6. The van der Waals surface area contributed by atoms with Gasteiger partial charge >= 0.3 is 0 Å². The maximum Gasteiger partial charge on any atom is 0.149 e. The fraction of sp³-hybridized carbons (Fsp3) is 0.667. The molecule has 0 aliphatic carbocycles. The standard InChI is InChI=1S/C18H27N5O/c1-2-22-10-6-14-15(12-19)18(23-8-4-3-5-9-23)21-17(16(14)13-22)20-7-11-24/h24H,2-11,13H2,1H3,(H,20,21). The number of anilines is 2. The molecule has 0 amide bonds. The van der Waals surface area contributed by atoms with Crippen LogP contribution in [-0.4, -0.2) is 54.3 Å². The summed E-state index contributed by atoms with van der Waals surface area (Å²) in [6.45, 7) is 7.47. The molecule has 6 heteroatoms. The quantitative estimate of drug-likeness (QED) is 0.857. The van der Waals surface area contributed by atoms with Crippen molar-refractivity contribution in [2.45, 2.75) is 39.2 Å². The second kappa shape index (κ2) is 7.82. The lowest BCUT2D eigenvalue weighted by atomic mass is 9.95. The molecule has 3 heterocycles. The number of nitrogens with one attached hydrogen (secondary N) is 1. The van der Waals surface area contributed by atoms with Gasteiger partial charge in [-0.1, -0.05) is 6.92 Å². The summed E-state index contributed by atoms with van der Waals surface area (Å²) in [5.41, 5.74) is 3.05. The summed E-state index contributed by atoms with van der Waals surface area (Å²) in [6.07, 6.45) is 4.47. The molecule has 0 spiro atoms. The molecule has 1 fully saturated rings. The zero-order valence-electron chi connectivity index (χ0n) is 14.5. The summed E-state index contributed by atoms with van der Waals surface area (Å²) >= 11 is 0. The number of fused-ring (bicyclic) bond motifs is 1. The van der Waals surface area contributed by atoms with Gasteiger partial charge in [-0.3, -0.25) is 4.90 Å². The van der Waals surface area contributed by atoms with Crippen LogP contribution < -0.4 is 10.2 Å². The normalized spacial score (nSPS) is 18.1. The first-order chi connectivity index (χ1) is 11.8. The number of pyridine rings is 1. The van der Waals surface area contributed by atoms with E-state index in [1.54, 1.807) is 0 Å². The van der Waals surface area contributed by atoms with Gasteiger partial charge in [0.1, 0.15) is 17.7 Å². The zero-order chi connectivity index (χ0) is 16.9. The van der Waals surface area contributed by atoms with Crippen molar-refractivity contribution >= 4 is 11.6 Å². The van der Waals surface area contributed by atoms with E-state index in [0.717, 1.165) is 80.3 Å². The Balaban J connectivity index is 2.05. The van der Waals surface area contributed by atoms with Crippen molar-refractivity contribution in [3.05, 3.63) is 16.7 Å². The lowest BCUT2D eigenvalue weighted by Gasteiger charge is -2.34. The van der Waals surface area contributed by atoms with Crippen molar-refractivity contribution in [3.63, 3.8) is 0 Å². The molecule has 1 saturated heterocycles. The van der Waals surface area contributed by atoms with Crippen LogP contribution in [0.5, 0.6) is 0 Å². The largest absolute Gasteiger partial charge is 0.395 e. The first-order valence-corrected chi connectivity index (χ1v) is 9.06. The third kappa shape index (κ3) is 3.33. The Morgan fingerprint density at radius 3 is 2.67 bits per heavy atom. The van der Waals surface area contributed by atoms with Crippen LogP contribution in [0.15, 0.2) is 0 Å². The number of rotatable bonds is 5. The monoisotopic (exact) mass is 329 g/mol. The van der Waals surface area contributed by atoms with Gasteiger partial charge in [0, 0.05) is 38.3 Å². The van der Waals surface area contributed by atoms with Crippen LogP contribution in [0.4, 0.5) is 11.6 Å². The summed E-state index contributed by atoms with van der Waals surface area (Å²) in [5, 5.41) is 22.3. The lowest BCUT2D eigenvalue weighted by Crippen LogP contribution is -2.35. The van der Waals surface area contributed by atoms with Crippen molar-refractivity contribution < 1.29 is 5.11 Å². The lowest BCUT2D eigenvalue weighted by molar-refractivity contribution is 0.268. The minimum absolute atomic E-state index is 0.0764. The molecule has 3 rings (SSSR count). The van der Waals surface area contributed by atoms with Gasteiger partial charge in [-0.25, -0.2) is 4.98 Å². The highest BCUT2D eigenvalue weighted by atomic mass is 16.3. The average Bonchev–Trinajstić information content (AvgIpc) is 2.65. The van der Waals surface area contributed by atoms with Gasteiger partial charge in [-0.2, -0.15) is 5.26 Å². The molecule has 1 aromatic heterocycles. The molecule has 0 bridgehead atoms. The van der Waals surface area contributed by atoms with Gasteiger partial charge in [0.25, 0.3) is 0 Å². The third-order valence-electron chi connectivity index (χ3n) is 5.07. The number of aliphatic hydroxyl groups excluding tert-OH is 1. The minimum atomic E-state index is 0.0764. The summed E-state index contributed by atoms with van der Waals surface area (Å²) in [6, 6.07) is 2.44. The molecule has 2 N–H and O–H groups in total. The smallest absolute Gasteiger partial charge is 0.149 e. The summed E-state index contributed by atoms with van der Waals surface area (Å²) in [7, 11) is 0. The van der Waals surface area contributed by atoms with Gasteiger partial charge in [-0.15, -0.1) is 0 Å². The number of nitrogens with zero attached hydrogens (tertiary/aromatic N) is 4. The molecular weight excluding hydrogens is 302 g/mol. The zero-order valence-corrected chi connectivity index (χ0v) is 14.5. The number of hydrogen-bond donors (Lipinski definition) is 2. The van der Waals surface area contributed by atoms with E-state index in [1.807, 2.05) is 0 Å². The Bertz CT molecular complexity index is 619. The van der Waals surface area contributed by atoms with E-state index >= 15 is 0 Å². The van der Waals surface area contributed by atoms with E-state index in [4.69, 9.17) is 4.98 Å². The predicted octanol–water partition coefficient (Wildman–Crippen LogP) is 1.73. The molecule has 0 radical (unpaired) electrons. The molecule has 24 heavy (non-hydrogen) atoms. The Labute approximate surface area is 144 Å². The topological polar surface area (TPSA) is 75.4 Å². The molecule has 130 valence electrons. The van der Waals surface area contributed by atoms with E-state index in [-0.39, 0.29) is 6.61 Å². The van der Waals surface area contributed by atoms with E-state index in [0.29, 0.717) is 6.54 Å². The predicted molar refractivity (Wildman–Crippen MR) is 95.2 cm³/mol. The molecule has 2 aliphatic heterocycles. The molecule has 6 nitrogen and oxygen atoms in total. The Morgan fingerprint density at radius 2 is 2.00 bits per heavy atom. The highest BCUT2D eigenvalue weighted by Gasteiger charge is 2.27. The Morgan fingerprint density at radius 1 is 1.21 bits per heavy atom. The number of nitriles is 1. The Hall–Kier alpha value is -1.84. The highest BCUT2D eigenvalue weighted by Crippen LogP contribution is 2.34. The average molecular weight is 329 g/mol. The maximum absolute atomic E-state index is 9.80. The van der Waals surface area contributed by atoms with Crippen LogP contribution in [0.3, 0.4) is 0 Å². The first kappa shape index (κ1) is 17.0. The SMILES string of the molecule is CCN1CCc2c(C#N)c(N3CCCCC3)nc(NCCO)c2C1. The van der Waals surface area contributed by atoms with Crippen LogP contribution in [0.25, 0.3) is 0 Å². The molecule has 2 aliphatic rings. The van der Waals surface area contributed by atoms with Crippen molar-refractivity contribution in [2.24, 2.45) is 0 Å². The first-order valence-electron chi connectivity index (χ1n) is 9.06. The summed E-state index contributed by atoms with van der Waals surface area (Å²) in [5.74, 6) is 1.68. The van der Waals surface area contributed by atoms with Gasteiger partial charge in [0.2, 0.25) is 0 Å².